The lowest BCUT2D eigenvalue weighted by atomic mass is 10.4. The zero-order valence-corrected chi connectivity index (χ0v) is 10.5. The zero-order chi connectivity index (χ0) is 12.3. The highest BCUT2D eigenvalue weighted by molar-refractivity contribution is 7.89. The van der Waals surface area contributed by atoms with Crippen molar-refractivity contribution in [1.29, 1.82) is 0 Å². The van der Waals surface area contributed by atoms with E-state index in [1.54, 1.807) is 18.4 Å². The van der Waals surface area contributed by atoms with Crippen LogP contribution in [0.15, 0.2) is 11.2 Å². The Morgan fingerprint density at radius 1 is 1.62 bits per heavy atom. The molecule has 1 rings (SSSR count). The Labute approximate surface area is 95.4 Å². The summed E-state index contributed by atoms with van der Waals surface area (Å²) in [4.78, 5) is 3.97. The van der Waals surface area contributed by atoms with Gasteiger partial charge in [-0.15, -0.1) is 0 Å². The molecule has 1 aromatic heterocycles. The second kappa shape index (κ2) is 4.94. The van der Waals surface area contributed by atoms with Gasteiger partial charge in [-0.1, -0.05) is 0 Å². The highest BCUT2D eigenvalue weighted by Crippen LogP contribution is 2.09. The van der Waals surface area contributed by atoms with Crippen LogP contribution in [0.4, 0.5) is 0 Å². The minimum atomic E-state index is -3.63. The van der Waals surface area contributed by atoms with Gasteiger partial charge in [0.1, 0.15) is 5.82 Å². The topological polar surface area (TPSA) is 84.2 Å². The molecule has 0 saturated heterocycles. The molecule has 0 fully saturated rings. The Balaban J connectivity index is 2.98. The largest absolute Gasteiger partial charge is 0.395 e. The van der Waals surface area contributed by atoms with Crippen molar-refractivity contribution >= 4 is 10.0 Å². The number of aryl methyl sites for hydroxylation is 2. The van der Waals surface area contributed by atoms with E-state index in [2.05, 4.69) is 9.71 Å². The minimum Gasteiger partial charge on any atom is -0.395 e. The van der Waals surface area contributed by atoms with E-state index in [0.29, 0.717) is 12.4 Å². The van der Waals surface area contributed by atoms with Crippen LogP contribution in [-0.2, 0) is 16.6 Å². The lowest BCUT2D eigenvalue weighted by Gasteiger charge is -2.09. The summed E-state index contributed by atoms with van der Waals surface area (Å²) in [5.74, 6) is 0.652. The van der Waals surface area contributed by atoms with E-state index in [-0.39, 0.29) is 11.6 Å². The summed E-state index contributed by atoms with van der Waals surface area (Å²) in [5.41, 5.74) is 0. The highest BCUT2D eigenvalue weighted by Gasteiger charge is 2.20. The molecule has 0 aromatic carbocycles. The number of nitrogens with one attached hydrogen (secondary N) is 1. The molecule has 0 amide bonds. The average molecular weight is 247 g/mol. The molecule has 0 aliphatic carbocycles. The third kappa shape index (κ3) is 2.81. The Kier molecular flexibility index (Phi) is 4.06. The minimum absolute atomic E-state index is 0.00727. The monoisotopic (exact) mass is 247 g/mol. The van der Waals surface area contributed by atoms with Gasteiger partial charge in [0.25, 0.3) is 10.0 Å². The van der Waals surface area contributed by atoms with Crippen molar-refractivity contribution in [3.8, 4) is 0 Å². The van der Waals surface area contributed by atoms with Gasteiger partial charge in [-0.05, 0) is 20.8 Å². The molecular weight excluding hydrogens is 230 g/mol. The summed E-state index contributed by atoms with van der Waals surface area (Å²) in [6.07, 6.45) is 1.49. The van der Waals surface area contributed by atoms with Gasteiger partial charge >= 0.3 is 0 Å². The number of hydrogen-bond acceptors (Lipinski definition) is 4. The summed E-state index contributed by atoms with van der Waals surface area (Å²) >= 11 is 0. The Morgan fingerprint density at radius 3 is 2.69 bits per heavy atom. The smallest absolute Gasteiger partial charge is 0.259 e. The third-order valence-corrected chi connectivity index (χ3v) is 3.66. The van der Waals surface area contributed by atoms with E-state index in [0.717, 1.165) is 0 Å². The summed E-state index contributed by atoms with van der Waals surface area (Å²) in [5, 5.41) is 8.79. The van der Waals surface area contributed by atoms with Crippen LogP contribution >= 0.6 is 0 Å². The van der Waals surface area contributed by atoms with E-state index in [9.17, 15) is 8.42 Å². The SMILES string of the molecule is CCn1cc(S(=O)(=O)N[C@H](C)CO)nc1C. The lowest BCUT2D eigenvalue weighted by Crippen LogP contribution is -2.35. The molecule has 1 aromatic rings. The standard InChI is InChI=1S/C9H17N3O3S/c1-4-12-5-9(10-8(12)3)16(14,15)11-7(2)6-13/h5,7,11,13H,4,6H2,1-3H3/t7-/m1/s1. The first kappa shape index (κ1) is 13.1. The van der Waals surface area contributed by atoms with Gasteiger partial charge in [0.05, 0.1) is 6.61 Å². The van der Waals surface area contributed by atoms with Gasteiger partial charge in [0.15, 0.2) is 5.03 Å². The van der Waals surface area contributed by atoms with Gasteiger partial charge in [-0.2, -0.15) is 0 Å². The first-order valence-electron chi connectivity index (χ1n) is 5.07. The molecule has 0 spiro atoms. The molecule has 0 unspecified atom stereocenters. The predicted octanol–water partition coefficient (Wildman–Crippen LogP) is -0.129. The molecule has 92 valence electrons. The van der Waals surface area contributed by atoms with Crippen LogP contribution in [0.2, 0.25) is 0 Å². The second-order valence-corrected chi connectivity index (χ2v) is 5.28. The number of hydrogen-bond donors (Lipinski definition) is 2. The van der Waals surface area contributed by atoms with Crippen molar-refractivity contribution in [2.45, 2.75) is 38.4 Å². The Hall–Kier alpha value is -0.920. The van der Waals surface area contributed by atoms with E-state index in [1.807, 2.05) is 6.92 Å². The maximum Gasteiger partial charge on any atom is 0.259 e. The number of aromatic nitrogens is 2. The zero-order valence-electron chi connectivity index (χ0n) is 9.64. The Bertz CT molecular complexity index is 453. The van der Waals surface area contributed by atoms with E-state index in [4.69, 9.17) is 5.11 Å². The first-order valence-corrected chi connectivity index (χ1v) is 6.56. The molecule has 0 aliphatic rings. The van der Waals surface area contributed by atoms with Crippen molar-refractivity contribution in [3.05, 3.63) is 12.0 Å². The fourth-order valence-electron chi connectivity index (χ4n) is 1.29. The summed E-state index contributed by atoms with van der Waals surface area (Å²) in [6, 6.07) is -0.517. The third-order valence-electron chi connectivity index (χ3n) is 2.20. The fraction of sp³-hybridized carbons (Fsp3) is 0.667. The van der Waals surface area contributed by atoms with E-state index < -0.39 is 16.1 Å². The molecule has 7 heteroatoms. The molecule has 16 heavy (non-hydrogen) atoms. The molecule has 2 N–H and O–H groups in total. The van der Waals surface area contributed by atoms with Gasteiger partial charge in [0.2, 0.25) is 0 Å². The van der Waals surface area contributed by atoms with Gasteiger partial charge < -0.3 is 9.67 Å². The van der Waals surface area contributed by atoms with Gasteiger partial charge in [0, 0.05) is 18.8 Å². The lowest BCUT2D eigenvalue weighted by molar-refractivity contribution is 0.265. The van der Waals surface area contributed by atoms with Crippen molar-refractivity contribution in [1.82, 2.24) is 14.3 Å². The number of imidazole rings is 1. The number of aliphatic hydroxyl groups is 1. The summed E-state index contributed by atoms with van der Waals surface area (Å²) in [7, 11) is -3.63. The molecule has 1 heterocycles. The fourth-order valence-corrected chi connectivity index (χ4v) is 2.53. The maximum absolute atomic E-state index is 11.8. The van der Waals surface area contributed by atoms with Crippen molar-refractivity contribution in [2.24, 2.45) is 0 Å². The summed E-state index contributed by atoms with van der Waals surface area (Å²) in [6.45, 7) is 5.67. The highest BCUT2D eigenvalue weighted by atomic mass is 32.2. The molecule has 0 bridgehead atoms. The van der Waals surface area contributed by atoms with Crippen LogP contribution in [0, 0.1) is 6.92 Å². The van der Waals surface area contributed by atoms with Gasteiger partial charge in [-0.25, -0.2) is 18.1 Å². The van der Waals surface area contributed by atoms with Crippen molar-refractivity contribution < 1.29 is 13.5 Å². The van der Waals surface area contributed by atoms with Crippen LogP contribution < -0.4 is 4.72 Å². The van der Waals surface area contributed by atoms with E-state index >= 15 is 0 Å². The molecule has 0 radical (unpaired) electrons. The molecule has 6 nitrogen and oxygen atoms in total. The number of sulfonamides is 1. The number of rotatable bonds is 5. The van der Waals surface area contributed by atoms with Crippen LogP contribution in [0.3, 0.4) is 0 Å². The maximum atomic E-state index is 11.8. The van der Waals surface area contributed by atoms with Gasteiger partial charge in [-0.3, -0.25) is 0 Å². The normalized spacial score (nSPS) is 14.0. The molecule has 1 atom stereocenters. The molecule has 0 saturated carbocycles. The van der Waals surface area contributed by atoms with Crippen molar-refractivity contribution in [3.63, 3.8) is 0 Å². The van der Waals surface area contributed by atoms with Crippen LogP contribution in [0.1, 0.15) is 19.7 Å². The number of nitrogens with zero attached hydrogens (tertiary/aromatic N) is 2. The molecular formula is C9H17N3O3S. The predicted molar refractivity (Wildman–Crippen MR) is 59.5 cm³/mol. The first-order chi connectivity index (χ1) is 7.40. The number of aliphatic hydroxyl groups excluding tert-OH is 1. The van der Waals surface area contributed by atoms with Crippen molar-refractivity contribution in [2.75, 3.05) is 6.61 Å². The van der Waals surface area contributed by atoms with Crippen LogP contribution in [0.25, 0.3) is 0 Å². The van der Waals surface area contributed by atoms with E-state index in [1.165, 1.54) is 6.20 Å². The van der Waals surface area contributed by atoms with Crippen LogP contribution in [-0.4, -0.2) is 35.7 Å². The average Bonchev–Trinajstić information content (AvgIpc) is 2.59. The quantitative estimate of drug-likeness (QED) is 0.759. The Morgan fingerprint density at radius 2 is 2.25 bits per heavy atom. The molecule has 0 aliphatic heterocycles. The summed E-state index contributed by atoms with van der Waals surface area (Å²) < 4.78 is 27.7. The second-order valence-electron chi connectivity index (χ2n) is 3.62. The van der Waals surface area contributed by atoms with Crippen LogP contribution in [0.5, 0.6) is 0 Å².